The summed E-state index contributed by atoms with van der Waals surface area (Å²) in [5.41, 5.74) is 6.51. The Morgan fingerprint density at radius 2 is 1.48 bits per heavy atom. The van der Waals surface area contributed by atoms with E-state index in [-0.39, 0.29) is 5.54 Å². The van der Waals surface area contributed by atoms with Crippen molar-refractivity contribution in [3.63, 3.8) is 0 Å². The molecule has 0 spiro atoms. The first-order chi connectivity index (χ1) is 9.97. The maximum Gasteiger partial charge on any atom is 0.0357 e. The molecule has 0 amide bonds. The van der Waals surface area contributed by atoms with Gasteiger partial charge in [-0.05, 0) is 45.7 Å². The molecule has 0 bridgehead atoms. The summed E-state index contributed by atoms with van der Waals surface area (Å²) < 4.78 is 0. The average molecular weight is 297 g/mol. The van der Waals surface area contributed by atoms with Crippen LogP contribution in [0.4, 0.5) is 0 Å². The minimum atomic E-state index is 0.274. The van der Waals surface area contributed by atoms with E-state index >= 15 is 0 Å². The minimum Gasteiger partial charge on any atom is -0.329 e. The van der Waals surface area contributed by atoms with E-state index in [1.54, 1.807) is 0 Å². The molecule has 4 heteroatoms. The van der Waals surface area contributed by atoms with Gasteiger partial charge in [0.05, 0.1) is 0 Å². The first kappa shape index (κ1) is 17.2. The van der Waals surface area contributed by atoms with E-state index in [0.29, 0.717) is 6.04 Å². The van der Waals surface area contributed by atoms with Crippen LogP contribution in [0.15, 0.2) is 0 Å². The van der Waals surface area contributed by atoms with Crippen LogP contribution in [0, 0.1) is 5.92 Å². The van der Waals surface area contributed by atoms with Gasteiger partial charge in [-0.3, -0.25) is 9.80 Å². The topological polar surface area (TPSA) is 35.7 Å². The van der Waals surface area contributed by atoms with E-state index < -0.39 is 0 Å². The highest BCUT2D eigenvalue weighted by Gasteiger charge is 2.40. The van der Waals surface area contributed by atoms with Crippen LogP contribution in [0.3, 0.4) is 0 Å². The highest BCUT2D eigenvalue weighted by molar-refractivity contribution is 4.98. The molecule has 0 aromatic rings. The van der Waals surface area contributed by atoms with Crippen LogP contribution in [0.1, 0.15) is 40.5 Å². The van der Waals surface area contributed by atoms with Gasteiger partial charge in [-0.25, -0.2) is 0 Å². The molecule has 0 radical (unpaired) electrons. The highest BCUT2D eigenvalue weighted by Crippen LogP contribution is 2.29. The maximum absolute atomic E-state index is 6.24. The van der Waals surface area contributed by atoms with Gasteiger partial charge in [0.1, 0.15) is 0 Å². The van der Waals surface area contributed by atoms with Crippen molar-refractivity contribution >= 4 is 0 Å². The Kier molecular flexibility index (Phi) is 6.06. The summed E-state index contributed by atoms with van der Waals surface area (Å²) in [5.74, 6) is 0.768. The number of nitrogens with zero attached hydrogens (tertiary/aromatic N) is 3. The van der Waals surface area contributed by atoms with Crippen molar-refractivity contribution in [3.05, 3.63) is 0 Å². The zero-order valence-corrected chi connectivity index (χ0v) is 14.6. The normalized spacial score (nSPS) is 25.9. The molecule has 0 saturated carbocycles. The molecule has 2 fully saturated rings. The first-order valence-electron chi connectivity index (χ1n) is 8.88. The molecule has 2 saturated heterocycles. The summed E-state index contributed by atoms with van der Waals surface area (Å²) in [4.78, 5) is 7.93. The van der Waals surface area contributed by atoms with Gasteiger partial charge in [-0.15, -0.1) is 0 Å². The molecule has 0 aromatic heterocycles. The van der Waals surface area contributed by atoms with Crippen LogP contribution in [0.2, 0.25) is 0 Å². The molecular formula is C17H36N4. The lowest BCUT2D eigenvalue weighted by Crippen LogP contribution is -2.64. The lowest BCUT2D eigenvalue weighted by molar-refractivity contribution is -0.0131. The van der Waals surface area contributed by atoms with Crippen molar-refractivity contribution in [2.75, 3.05) is 52.4 Å². The monoisotopic (exact) mass is 296 g/mol. The van der Waals surface area contributed by atoms with Gasteiger partial charge in [0.2, 0.25) is 0 Å². The van der Waals surface area contributed by atoms with E-state index in [9.17, 15) is 0 Å². The van der Waals surface area contributed by atoms with Crippen molar-refractivity contribution in [2.45, 2.75) is 52.1 Å². The van der Waals surface area contributed by atoms with Crippen LogP contribution in [0.25, 0.3) is 0 Å². The van der Waals surface area contributed by atoms with E-state index in [2.05, 4.69) is 42.4 Å². The van der Waals surface area contributed by atoms with Gasteiger partial charge < -0.3 is 10.6 Å². The van der Waals surface area contributed by atoms with Crippen molar-refractivity contribution in [1.82, 2.24) is 14.7 Å². The fourth-order valence-corrected chi connectivity index (χ4v) is 4.03. The van der Waals surface area contributed by atoms with Gasteiger partial charge in [0.25, 0.3) is 0 Å². The van der Waals surface area contributed by atoms with Gasteiger partial charge in [0, 0.05) is 50.8 Å². The second-order valence-electron chi connectivity index (χ2n) is 7.74. The number of piperazine rings is 1. The molecule has 21 heavy (non-hydrogen) atoms. The molecule has 2 aliphatic heterocycles. The largest absolute Gasteiger partial charge is 0.329 e. The predicted octanol–water partition coefficient (Wildman–Crippen LogP) is 1.46. The Labute approximate surface area is 131 Å². The standard InChI is InChI=1S/C17H36N4/c1-15(2)13-19-7-5-17(14-18,6-8-19)21-11-9-20(10-12-21)16(3)4/h15-16H,5-14,18H2,1-4H3. The molecule has 0 aliphatic carbocycles. The fraction of sp³-hybridized carbons (Fsp3) is 1.00. The SMILES string of the molecule is CC(C)CN1CCC(CN)(N2CCN(C(C)C)CC2)CC1. The van der Waals surface area contributed by atoms with Crippen molar-refractivity contribution in [3.8, 4) is 0 Å². The Morgan fingerprint density at radius 1 is 0.905 bits per heavy atom. The van der Waals surface area contributed by atoms with E-state index in [1.807, 2.05) is 0 Å². The maximum atomic E-state index is 6.24. The molecule has 0 atom stereocenters. The Bertz CT molecular complexity index is 300. The van der Waals surface area contributed by atoms with Crippen LogP contribution in [-0.2, 0) is 0 Å². The number of hydrogen-bond acceptors (Lipinski definition) is 4. The van der Waals surface area contributed by atoms with Crippen LogP contribution in [-0.4, -0.2) is 78.6 Å². The lowest BCUT2D eigenvalue weighted by Gasteiger charge is -2.51. The molecule has 2 heterocycles. The van der Waals surface area contributed by atoms with Gasteiger partial charge in [0.15, 0.2) is 0 Å². The van der Waals surface area contributed by atoms with Crippen LogP contribution >= 0.6 is 0 Å². The second kappa shape index (κ2) is 7.40. The molecule has 0 aromatic carbocycles. The van der Waals surface area contributed by atoms with Crippen LogP contribution in [0.5, 0.6) is 0 Å². The van der Waals surface area contributed by atoms with Crippen molar-refractivity contribution in [2.24, 2.45) is 11.7 Å². The van der Waals surface area contributed by atoms with Crippen molar-refractivity contribution < 1.29 is 0 Å². The minimum absolute atomic E-state index is 0.274. The van der Waals surface area contributed by atoms with Gasteiger partial charge >= 0.3 is 0 Å². The second-order valence-corrected chi connectivity index (χ2v) is 7.74. The molecule has 2 N–H and O–H groups in total. The van der Waals surface area contributed by atoms with E-state index in [4.69, 9.17) is 5.73 Å². The first-order valence-corrected chi connectivity index (χ1v) is 8.88. The summed E-state index contributed by atoms with van der Waals surface area (Å²) in [5, 5.41) is 0. The summed E-state index contributed by atoms with van der Waals surface area (Å²) in [6, 6.07) is 0.675. The van der Waals surface area contributed by atoms with Crippen LogP contribution < -0.4 is 5.73 Å². The zero-order chi connectivity index (χ0) is 15.5. The molecule has 0 unspecified atom stereocenters. The number of nitrogens with two attached hydrogens (primary N) is 1. The Hall–Kier alpha value is -0.160. The lowest BCUT2D eigenvalue weighted by atomic mass is 9.84. The average Bonchev–Trinajstić information content (AvgIpc) is 2.48. The number of hydrogen-bond donors (Lipinski definition) is 1. The van der Waals surface area contributed by atoms with Gasteiger partial charge in [-0.1, -0.05) is 13.8 Å². The van der Waals surface area contributed by atoms with Crippen molar-refractivity contribution in [1.29, 1.82) is 0 Å². The van der Waals surface area contributed by atoms with E-state index in [1.165, 1.54) is 58.7 Å². The molecular weight excluding hydrogens is 260 g/mol. The van der Waals surface area contributed by atoms with Gasteiger partial charge in [-0.2, -0.15) is 0 Å². The quantitative estimate of drug-likeness (QED) is 0.833. The number of piperidine rings is 1. The van der Waals surface area contributed by atoms with E-state index in [0.717, 1.165) is 12.5 Å². The molecule has 124 valence electrons. The smallest absolute Gasteiger partial charge is 0.0357 e. The summed E-state index contributed by atoms with van der Waals surface area (Å²) >= 11 is 0. The third-order valence-electron chi connectivity index (χ3n) is 5.51. The highest BCUT2D eigenvalue weighted by atomic mass is 15.3. The summed E-state index contributed by atoms with van der Waals surface area (Å²) in [6.07, 6.45) is 2.50. The zero-order valence-electron chi connectivity index (χ0n) is 14.6. The molecule has 4 nitrogen and oxygen atoms in total. The predicted molar refractivity (Wildman–Crippen MR) is 90.6 cm³/mol. The Balaban J connectivity index is 1.89. The summed E-state index contributed by atoms with van der Waals surface area (Å²) in [7, 11) is 0. The fourth-order valence-electron chi connectivity index (χ4n) is 4.03. The third-order valence-corrected chi connectivity index (χ3v) is 5.51. The Morgan fingerprint density at radius 3 is 1.90 bits per heavy atom. The molecule has 2 aliphatic rings. The molecule has 2 rings (SSSR count). The third kappa shape index (κ3) is 4.19. The number of likely N-dealkylation sites (tertiary alicyclic amines) is 1. The number of rotatable bonds is 5. The summed E-state index contributed by atoms with van der Waals surface area (Å²) in [6.45, 7) is 18.5.